The van der Waals surface area contributed by atoms with Gasteiger partial charge in [0.15, 0.2) is 0 Å². The minimum Gasteiger partial charge on any atom is -0.387 e. The van der Waals surface area contributed by atoms with Crippen LogP contribution in [0.5, 0.6) is 0 Å². The standard InChI is InChI=1S/C11H20N2OS/c1-13(2)6-3-5-12-8-11(14)10-4-7-15-9-10/h4,7,9,11-12,14H,3,5-6,8H2,1-2H3. The highest BCUT2D eigenvalue weighted by Gasteiger charge is 2.06. The molecule has 1 unspecified atom stereocenters. The number of aliphatic hydroxyl groups is 1. The zero-order chi connectivity index (χ0) is 11.1. The molecule has 1 aromatic rings. The van der Waals surface area contributed by atoms with Gasteiger partial charge in [-0.3, -0.25) is 0 Å². The third-order valence-electron chi connectivity index (χ3n) is 2.22. The zero-order valence-electron chi connectivity index (χ0n) is 9.44. The molecule has 0 radical (unpaired) electrons. The van der Waals surface area contributed by atoms with E-state index in [2.05, 4.69) is 24.3 Å². The Bertz CT molecular complexity index is 249. The molecule has 0 saturated carbocycles. The molecule has 3 nitrogen and oxygen atoms in total. The van der Waals surface area contributed by atoms with E-state index >= 15 is 0 Å². The monoisotopic (exact) mass is 228 g/mol. The van der Waals surface area contributed by atoms with Crippen molar-refractivity contribution in [3.05, 3.63) is 22.4 Å². The van der Waals surface area contributed by atoms with Crippen molar-refractivity contribution in [2.24, 2.45) is 0 Å². The van der Waals surface area contributed by atoms with Crippen molar-refractivity contribution < 1.29 is 5.11 Å². The molecule has 1 aromatic heterocycles. The van der Waals surface area contributed by atoms with Crippen molar-refractivity contribution in [1.29, 1.82) is 0 Å². The molecule has 0 spiro atoms. The highest BCUT2D eigenvalue weighted by atomic mass is 32.1. The molecular formula is C11H20N2OS. The molecular weight excluding hydrogens is 208 g/mol. The van der Waals surface area contributed by atoms with Gasteiger partial charge in [0, 0.05) is 6.54 Å². The predicted molar refractivity (Wildman–Crippen MR) is 65.3 cm³/mol. The first-order chi connectivity index (χ1) is 7.20. The number of rotatable bonds is 7. The van der Waals surface area contributed by atoms with Gasteiger partial charge in [-0.25, -0.2) is 0 Å². The van der Waals surface area contributed by atoms with Crippen LogP contribution in [0.4, 0.5) is 0 Å². The van der Waals surface area contributed by atoms with Crippen molar-refractivity contribution in [3.8, 4) is 0 Å². The Labute approximate surface area is 95.7 Å². The van der Waals surface area contributed by atoms with Gasteiger partial charge < -0.3 is 15.3 Å². The van der Waals surface area contributed by atoms with Crippen molar-refractivity contribution in [3.63, 3.8) is 0 Å². The van der Waals surface area contributed by atoms with E-state index in [1.165, 1.54) is 0 Å². The first-order valence-corrected chi connectivity index (χ1v) is 6.20. The number of nitrogens with zero attached hydrogens (tertiary/aromatic N) is 1. The zero-order valence-corrected chi connectivity index (χ0v) is 10.3. The maximum atomic E-state index is 9.75. The average molecular weight is 228 g/mol. The van der Waals surface area contributed by atoms with E-state index in [9.17, 15) is 5.11 Å². The number of thiophene rings is 1. The smallest absolute Gasteiger partial charge is 0.0922 e. The van der Waals surface area contributed by atoms with Gasteiger partial charge >= 0.3 is 0 Å². The molecule has 0 fully saturated rings. The van der Waals surface area contributed by atoms with Crippen LogP contribution in [0.3, 0.4) is 0 Å². The van der Waals surface area contributed by atoms with Gasteiger partial charge in [0.25, 0.3) is 0 Å². The summed E-state index contributed by atoms with van der Waals surface area (Å²) in [4.78, 5) is 2.16. The van der Waals surface area contributed by atoms with Crippen LogP contribution >= 0.6 is 11.3 Å². The van der Waals surface area contributed by atoms with Crippen LogP contribution in [-0.4, -0.2) is 43.7 Å². The van der Waals surface area contributed by atoms with Crippen LogP contribution in [0.25, 0.3) is 0 Å². The topological polar surface area (TPSA) is 35.5 Å². The largest absolute Gasteiger partial charge is 0.387 e. The quantitative estimate of drug-likeness (QED) is 0.691. The molecule has 0 saturated heterocycles. The fraction of sp³-hybridized carbons (Fsp3) is 0.636. The van der Waals surface area contributed by atoms with Gasteiger partial charge in [-0.2, -0.15) is 11.3 Å². The maximum absolute atomic E-state index is 9.75. The molecule has 4 heteroatoms. The molecule has 0 aliphatic heterocycles. The Morgan fingerprint density at radius 2 is 2.33 bits per heavy atom. The van der Waals surface area contributed by atoms with Crippen LogP contribution in [0.1, 0.15) is 18.1 Å². The van der Waals surface area contributed by atoms with E-state index in [1.54, 1.807) is 11.3 Å². The summed E-state index contributed by atoms with van der Waals surface area (Å²) < 4.78 is 0. The normalized spacial score (nSPS) is 13.3. The van der Waals surface area contributed by atoms with Gasteiger partial charge in [0.2, 0.25) is 0 Å². The van der Waals surface area contributed by atoms with Crippen molar-refractivity contribution in [2.45, 2.75) is 12.5 Å². The van der Waals surface area contributed by atoms with Crippen LogP contribution < -0.4 is 5.32 Å². The van der Waals surface area contributed by atoms with E-state index in [0.29, 0.717) is 6.54 Å². The molecule has 0 aliphatic carbocycles. The summed E-state index contributed by atoms with van der Waals surface area (Å²) >= 11 is 1.62. The van der Waals surface area contributed by atoms with Crippen LogP contribution in [-0.2, 0) is 0 Å². The minimum atomic E-state index is -0.365. The Hall–Kier alpha value is -0.420. The molecule has 2 N–H and O–H groups in total. The van der Waals surface area contributed by atoms with Crippen molar-refractivity contribution >= 4 is 11.3 Å². The third kappa shape index (κ3) is 5.28. The molecule has 1 heterocycles. The molecule has 1 rings (SSSR count). The molecule has 15 heavy (non-hydrogen) atoms. The van der Waals surface area contributed by atoms with Gasteiger partial charge in [-0.1, -0.05) is 0 Å². The third-order valence-corrected chi connectivity index (χ3v) is 2.93. The number of hydrogen-bond donors (Lipinski definition) is 2. The Balaban J connectivity index is 2.05. The first-order valence-electron chi connectivity index (χ1n) is 5.25. The van der Waals surface area contributed by atoms with E-state index in [-0.39, 0.29) is 6.10 Å². The second-order valence-corrected chi connectivity index (χ2v) is 4.71. The van der Waals surface area contributed by atoms with Crippen LogP contribution in [0.15, 0.2) is 16.8 Å². The fourth-order valence-electron chi connectivity index (χ4n) is 1.34. The molecule has 0 aromatic carbocycles. The lowest BCUT2D eigenvalue weighted by atomic mass is 10.2. The minimum absolute atomic E-state index is 0.365. The Morgan fingerprint density at radius 1 is 1.53 bits per heavy atom. The first kappa shape index (κ1) is 12.6. The van der Waals surface area contributed by atoms with Gasteiger partial charge in [0.1, 0.15) is 0 Å². The van der Waals surface area contributed by atoms with Gasteiger partial charge in [0.05, 0.1) is 6.10 Å². The molecule has 86 valence electrons. The van der Waals surface area contributed by atoms with Crippen molar-refractivity contribution in [1.82, 2.24) is 10.2 Å². The highest BCUT2D eigenvalue weighted by Crippen LogP contribution is 2.14. The van der Waals surface area contributed by atoms with Gasteiger partial charge in [-0.05, 0) is 56.0 Å². The summed E-state index contributed by atoms with van der Waals surface area (Å²) in [7, 11) is 4.14. The lowest BCUT2D eigenvalue weighted by molar-refractivity contribution is 0.175. The second kappa shape index (κ2) is 6.95. The van der Waals surface area contributed by atoms with Crippen molar-refractivity contribution in [2.75, 3.05) is 33.7 Å². The summed E-state index contributed by atoms with van der Waals surface area (Å²) in [5.74, 6) is 0. The molecule has 0 amide bonds. The molecule has 0 bridgehead atoms. The van der Waals surface area contributed by atoms with Crippen LogP contribution in [0, 0.1) is 0 Å². The summed E-state index contributed by atoms with van der Waals surface area (Å²) in [6.07, 6.45) is 0.749. The van der Waals surface area contributed by atoms with E-state index in [4.69, 9.17) is 0 Å². The van der Waals surface area contributed by atoms with E-state index < -0.39 is 0 Å². The lowest BCUT2D eigenvalue weighted by Gasteiger charge is -2.12. The fourth-order valence-corrected chi connectivity index (χ4v) is 2.05. The number of aliphatic hydroxyl groups excluding tert-OH is 1. The molecule has 1 atom stereocenters. The Morgan fingerprint density at radius 3 is 2.93 bits per heavy atom. The number of hydrogen-bond acceptors (Lipinski definition) is 4. The van der Waals surface area contributed by atoms with E-state index in [1.807, 2.05) is 16.8 Å². The Kier molecular flexibility index (Phi) is 5.86. The van der Waals surface area contributed by atoms with Gasteiger partial charge in [-0.15, -0.1) is 0 Å². The maximum Gasteiger partial charge on any atom is 0.0922 e. The lowest BCUT2D eigenvalue weighted by Crippen LogP contribution is -2.25. The number of nitrogens with one attached hydrogen (secondary N) is 1. The summed E-state index contributed by atoms with van der Waals surface area (Å²) in [6.45, 7) is 2.69. The van der Waals surface area contributed by atoms with E-state index in [0.717, 1.165) is 25.1 Å². The summed E-state index contributed by atoms with van der Waals surface area (Å²) in [6, 6.07) is 1.97. The molecule has 0 aliphatic rings. The predicted octanol–water partition coefficient (Wildman–Crippen LogP) is 1.32. The summed E-state index contributed by atoms with van der Waals surface area (Å²) in [5, 5.41) is 17.0. The average Bonchev–Trinajstić information content (AvgIpc) is 2.69. The highest BCUT2D eigenvalue weighted by molar-refractivity contribution is 7.07. The van der Waals surface area contributed by atoms with Crippen LogP contribution in [0.2, 0.25) is 0 Å². The second-order valence-electron chi connectivity index (χ2n) is 3.93. The summed E-state index contributed by atoms with van der Waals surface area (Å²) in [5.41, 5.74) is 1.01. The SMILES string of the molecule is CN(C)CCCNCC(O)c1ccsc1.